The number of anilines is 1. The Morgan fingerprint density at radius 3 is 2.52 bits per heavy atom. The SMILES string of the molecule is Cc1ccccc1[C@H]1C[C@H](c2ccc(Cl)cc2)Nc2nc3ccccc3n21. The minimum absolute atomic E-state index is 0.191. The second kappa shape index (κ2) is 6.43. The smallest absolute Gasteiger partial charge is 0.204 e. The van der Waals surface area contributed by atoms with Crippen molar-refractivity contribution in [1.82, 2.24) is 9.55 Å². The van der Waals surface area contributed by atoms with Gasteiger partial charge in [-0.15, -0.1) is 0 Å². The average molecular weight is 374 g/mol. The van der Waals surface area contributed by atoms with E-state index in [4.69, 9.17) is 16.6 Å². The summed E-state index contributed by atoms with van der Waals surface area (Å²) in [5.41, 5.74) is 6.08. The summed E-state index contributed by atoms with van der Waals surface area (Å²) in [6, 6.07) is 25.6. The van der Waals surface area contributed by atoms with E-state index in [1.165, 1.54) is 22.2 Å². The fourth-order valence-corrected chi connectivity index (χ4v) is 4.27. The zero-order valence-corrected chi connectivity index (χ0v) is 15.8. The first-order chi connectivity index (χ1) is 13.2. The van der Waals surface area contributed by atoms with Gasteiger partial charge in [0.05, 0.1) is 23.1 Å². The predicted octanol–water partition coefficient (Wildman–Crippen LogP) is 6.14. The van der Waals surface area contributed by atoms with Crippen LogP contribution in [0.5, 0.6) is 0 Å². The molecule has 0 unspecified atom stereocenters. The maximum absolute atomic E-state index is 6.09. The standard InChI is InChI=1S/C23H20ClN3/c1-15-6-2-3-7-18(15)22-14-20(16-10-12-17(24)13-11-16)26-23-25-19-8-4-5-9-21(19)27(22)23/h2-13,20,22H,14H2,1H3,(H,25,26)/t20-,22-/m1/s1. The quantitative estimate of drug-likeness (QED) is 0.457. The van der Waals surface area contributed by atoms with Crippen LogP contribution in [0.1, 0.15) is 35.2 Å². The van der Waals surface area contributed by atoms with Gasteiger partial charge in [0.25, 0.3) is 0 Å². The van der Waals surface area contributed by atoms with Gasteiger partial charge in [-0.3, -0.25) is 0 Å². The van der Waals surface area contributed by atoms with E-state index in [1.807, 2.05) is 18.2 Å². The van der Waals surface area contributed by atoms with E-state index < -0.39 is 0 Å². The average Bonchev–Trinajstić information content (AvgIpc) is 3.07. The van der Waals surface area contributed by atoms with Gasteiger partial charge in [-0.25, -0.2) is 4.98 Å². The van der Waals surface area contributed by atoms with E-state index in [0.29, 0.717) is 0 Å². The molecule has 3 nitrogen and oxygen atoms in total. The second-order valence-electron chi connectivity index (χ2n) is 7.15. The summed E-state index contributed by atoms with van der Waals surface area (Å²) in [7, 11) is 0. The lowest BCUT2D eigenvalue weighted by molar-refractivity contribution is 0.476. The lowest BCUT2D eigenvalue weighted by Gasteiger charge is -2.34. The van der Waals surface area contributed by atoms with Crippen molar-refractivity contribution < 1.29 is 0 Å². The normalized spacial score (nSPS) is 18.9. The number of halogens is 1. The lowest BCUT2D eigenvalue weighted by Crippen LogP contribution is -2.27. The zero-order valence-electron chi connectivity index (χ0n) is 15.1. The molecule has 4 heteroatoms. The Kier molecular flexibility index (Phi) is 3.91. The van der Waals surface area contributed by atoms with Gasteiger partial charge < -0.3 is 9.88 Å². The third-order valence-electron chi connectivity index (χ3n) is 5.49. The monoisotopic (exact) mass is 373 g/mol. The van der Waals surface area contributed by atoms with Crippen LogP contribution in [0.2, 0.25) is 5.02 Å². The van der Waals surface area contributed by atoms with Crippen molar-refractivity contribution in [3.63, 3.8) is 0 Å². The number of para-hydroxylation sites is 2. The largest absolute Gasteiger partial charge is 0.349 e. The number of nitrogens with one attached hydrogen (secondary N) is 1. The summed E-state index contributed by atoms with van der Waals surface area (Å²) >= 11 is 6.09. The van der Waals surface area contributed by atoms with Gasteiger partial charge in [-0.2, -0.15) is 0 Å². The number of hydrogen-bond acceptors (Lipinski definition) is 2. The molecule has 1 aliphatic rings. The highest BCUT2D eigenvalue weighted by molar-refractivity contribution is 6.30. The lowest BCUT2D eigenvalue weighted by atomic mass is 9.91. The van der Waals surface area contributed by atoms with Gasteiger partial charge in [0.15, 0.2) is 0 Å². The van der Waals surface area contributed by atoms with E-state index >= 15 is 0 Å². The van der Waals surface area contributed by atoms with E-state index in [-0.39, 0.29) is 12.1 Å². The maximum atomic E-state index is 6.09. The molecule has 0 saturated heterocycles. The van der Waals surface area contributed by atoms with Crippen LogP contribution in [0.15, 0.2) is 72.8 Å². The van der Waals surface area contributed by atoms with Crippen molar-refractivity contribution in [1.29, 1.82) is 0 Å². The number of hydrogen-bond donors (Lipinski definition) is 1. The second-order valence-corrected chi connectivity index (χ2v) is 7.59. The highest BCUT2D eigenvalue weighted by atomic mass is 35.5. The van der Waals surface area contributed by atoms with Gasteiger partial charge in [-0.1, -0.05) is 60.1 Å². The molecule has 3 aromatic carbocycles. The molecule has 1 N–H and O–H groups in total. The van der Waals surface area contributed by atoms with Crippen molar-refractivity contribution in [3.05, 3.63) is 94.5 Å². The number of fused-ring (bicyclic) bond motifs is 3. The van der Waals surface area contributed by atoms with Crippen LogP contribution in [0.4, 0.5) is 5.95 Å². The molecule has 1 aliphatic heterocycles. The first kappa shape index (κ1) is 16.4. The molecule has 0 aliphatic carbocycles. The molecule has 0 fully saturated rings. The summed E-state index contributed by atoms with van der Waals surface area (Å²) in [5.74, 6) is 0.927. The van der Waals surface area contributed by atoms with Crippen molar-refractivity contribution in [3.8, 4) is 0 Å². The molecule has 2 atom stereocenters. The molecule has 4 aromatic rings. The number of nitrogens with zero attached hydrogens (tertiary/aromatic N) is 2. The first-order valence-electron chi connectivity index (χ1n) is 9.25. The Morgan fingerprint density at radius 1 is 0.963 bits per heavy atom. The predicted molar refractivity (Wildman–Crippen MR) is 111 cm³/mol. The van der Waals surface area contributed by atoms with E-state index in [9.17, 15) is 0 Å². The molecular weight excluding hydrogens is 354 g/mol. The molecule has 0 bridgehead atoms. The highest BCUT2D eigenvalue weighted by Crippen LogP contribution is 2.41. The summed E-state index contributed by atoms with van der Waals surface area (Å²) in [6.07, 6.45) is 0.958. The van der Waals surface area contributed by atoms with Crippen LogP contribution < -0.4 is 5.32 Å². The van der Waals surface area contributed by atoms with Gasteiger partial charge in [-0.05, 0) is 54.3 Å². The molecule has 1 aromatic heterocycles. The van der Waals surface area contributed by atoms with Gasteiger partial charge in [0.2, 0.25) is 5.95 Å². The fourth-order valence-electron chi connectivity index (χ4n) is 4.15. The summed E-state index contributed by atoms with van der Waals surface area (Å²) in [4.78, 5) is 4.88. The summed E-state index contributed by atoms with van der Waals surface area (Å²) in [5, 5.41) is 4.41. The van der Waals surface area contributed by atoms with E-state index in [0.717, 1.165) is 22.9 Å². The van der Waals surface area contributed by atoms with Gasteiger partial charge in [0.1, 0.15) is 0 Å². The molecule has 134 valence electrons. The van der Waals surface area contributed by atoms with Gasteiger partial charge >= 0.3 is 0 Å². The van der Waals surface area contributed by atoms with Crippen molar-refractivity contribution in [2.75, 3.05) is 5.32 Å². The molecular formula is C23H20ClN3. The summed E-state index contributed by atoms with van der Waals surface area (Å²) < 4.78 is 2.35. The Balaban J connectivity index is 1.68. The minimum Gasteiger partial charge on any atom is -0.349 e. The van der Waals surface area contributed by atoms with Crippen LogP contribution in [0, 0.1) is 6.92 Å². The molecule has 0 spiro atoms. The number of aryl methyl sites for hydroxylation is 1. The molecule has 0 amide bonds. The molecule has 2 heterocycles. The number of aromatic nitrogens is 2. The van der Waals surface area contributed by atoms with Crippen LogP contribution in [0.25, 0.3) is 11.0 Å². The Hall–Kier alpha value is -2.78. The topological polar surface area (TPSA) is 29.9 Å². The minimum atomic E-state index is 0.191. The third-order valence-corrected chi connectivity index (χ3v) is 5.74. The number of imidazole rings is 1. The number of benzene rings is 3. The third kappa shape index (κ3) is 2.79. The Bertz CT molecular complexity index is 1110. The fraction of sp³-hybridized carbons (Fsp3) is 0.174. The molecule has 0 saturated carbocycles. The van der Waals surface area contributed by atoms with E-state index in [1.54, 1.807) is 0 Å². The summed E-state index contributed by atoms with van der Waals surface area (Å²) in [6.45, 7) is 2.19. The zero-order chi connectivity index (χ0) is 18.4. The molecule has 27 heavy (non-hydrogen) atoms. The maximum Gasteiger partial charge on any atom is 0.204 e. The Labute approximate surface area is 163 Å². The van der Waals surface area contributed by atoms with E-state index in [2.05, 4.69) is 71.4 Å². The van der Waals surface area contributed by atoms with Crippen molar-refractivity contribution >= 4 is 28.6 Å². The highest BCUT2D eigenvalue weighted by Gasteiger charge is 2.31. The van der Waals surface area contributed by atoms with Crippen LogP contribution >= 0.6 is 11.6 Å². The van der Waals surface area contributed by atoms with Crippen LogP contribution in [0.3, 0.4) is 0 Å². The molecule has 5 rings (SSSR count). The van der Waals surface area contributed by atoms with Crippen molar-refractivity contribution in [2.24, 2.45) is 0 Å². The molecule has 0 radical (unpaired) electrons. The first-order valence-corrected chi connectivity index (χ1v) is 9.63. The van der Waals surface area contributed by atoms with Crippen LogP contribution in [-0.2, 0) is 0 Å². The van der Waals surface area contributed by atoms with Crippen molar-refractivity contribution in [2.45, 2.75) is 25.4 Å². The van der Waals surface area contributed by atoms with Crippen LogP contribution in [-0.4, -0.2) is 9.55 Å². The number of rotatable bonds is 2. The Morgan fingerprint density at radius 2 is 1.70 bits per heavy atom. The van der Waals surface area contributed by atoms with Gasteiger partial charge in [0, 0.05) is 5.02 Å².